The quantitative estimate of drug-likeness (QED) is 0.397. The van der Waals surface area contributed by atoms with Crippen LogP contribution in [-0.2, 0) is 20.9 Å². The second-order valence-corrected chi connectivity index (χ2v) is 6.81. The van der Waals surface area contributed by atoms with Crippen LogP contribution in [0.2, 0.25) is 0 Å². The molecule has 4 nitrogen and oxygen atoms in total. The number of hydrogen-bond donors (Lipinski definition) is 0. The largest absolute Gasteiger partial charge is 0.456 e. The number of hydrogen-bond acceptors (Lipinski definition) is 3. The molecule has 2 rings (SSSR count). The molecule has 0 bridgehead atoms. The van der Waals surface area contributed by atoms with Gasteiger partial charge in [0, 0.05) is 19.5 Å². The second-order valence-electron chi connectivity index (χ2n) is 5.73. The summed E-state index contributed by atoms with van der Waals surface area (Å²) in [5, 5.41) is 0. The fourth-order valence-electron chi connectivity index (χ4n) is 2.84. The molecule has 1 heterocycles. The minimum atomic E-state index is -0.350. The Morgan fingerprint density at radius 3 is 2.61 bits per heavy atom. The molecule has 0 radical (unpaired) electrons. The Morgan fingerprint density at radius 2 is 2.00 bits per heavy atom. The zero-order valence-electron chi connectivity index (χ0n) is 13.5. The van der Waals surface area contributed by atoms with Gasteiger partial charge in [-0.25, -0.2) is 0 Å². The second kappa shape index (κ2) is 8.47. The van der Waals surface area contributed by atoms with Gasteiger partial charge in [0.05, 0.1) is 6.04 Å². The predicted molar refractivity (Wildman–Crippen MR) is 98.2 cm³/mol. The van der Waals surface area contributed by atoms with Gasteiger partial charge in [0.25, 0.3) is 0 Å². The summed E-state index contributed by atoms with van der Waals surface area (Å²) < 4.78 is 6.54. The van der Waals surface area contributed by atoms with E-state index in [0.717, 1.165) is 28.4 Å². The van der Waals surface area contributed by atoms with Crippen LogP contribution in [0.4, 0.5) is 0 Å². The molecular weight excluding hydrogens is 405 g/mol. The van der Waals surface area contributed by atoms with Gasteiger partial charge in [0.15, 0.2) is 0 Å². The van der Waals surface area contributed by atoms with Crippen molar-refractivity contribution in [1.82, 2.24) is 4.90 Å². The van der Waals surface area contributed by atoms with Crippen LogP contribution in [0.25, 0.3) is 0 Å². The van der Waals surface area contributed by atoms with E-state index in [2.05, 4.69) is 22.6 Å². The van der Waals surface area contributed by atoms with Gasteiger partial charge in [-0.05, 0) is 35.3 Å². The third kappa shape index (κ3) is 4.80. The smallest absolute Gasteiger partial charge is 0.303 e. The maximum atomic E-state index is 12.5. The van der Waals surface area contributed by atoms with Gasteiger partial charge in [-0.2, -0.15) is 0 Å². The third-order valence-corrected chi connectivity index (χ3v) is 4.74. The van der Waals surface area contributed by atoms with Crippen molar-refractivity contribution in [3.05, 3.63) is 47.5 Å². The molecule has 124 valence electrons. The first-order valence-corrected chi connectivity index (χ1v) is 9.33. The van der Waals surface area contributed by atoms with E-state index in [1.54, 1.807) is 11.0 Å². The summed E-state index contributed by atoms with van der Waals surface area (Å²) in [5.41, 5.74) is 2.00. The maximum Gasteiger partial charge on any atom is 0.303 e. The summed E-state index contributed by atoms with van der Waals surface area (Å²) in [7, 11) is 0. The summed E-state index contributed by atoms with van der Waals surface area (Å²) in [6.07, 6.45) is 3.07. The molecule has 0 unspecified atom stereocenters. The number of benzene rings is 1. The molecular formula is C18H22INO3. The number of ether oxygens (including phenoxy) is 1. The Labute approximate surface area is 151 Å². The van der Waals surface area contributed by atoms with Crippen molar-refractivity contribution in [2.45, 2.75) is 45.4 Å². The molecule has 0 saturated carbocycles. The number of amides is 1. The highest BCUT2D eigenvalue weighted by atomic mass is 127. The standard InChI is InChI=1S/C18H22INO3/c1-13-18(23-14(2)21)16(9-6-10-19)11-17(22)20(13)12-15-7-4-3-5-8-15/h3-5,7-8,11,13,18H,6,9-10,12H2,1-2H3/t13-,18-/m0/s1. The van der Waals surface area contributed by atoms with E-state index in [9.17, 15) is 9.59 Å². The average Bonchev–Trinajstić information content (AvgIpc) is 2.53. The van der Waals surface area contributed by atoms with Gasteiger partial charge in [-0.3, -0.25) is 9.59 Å². The summed E-state index contributed by atoms with van der Waals surface area (Å²) in [5.74, 6) is -0.315. The van der Waals surface area contributed by atoms with Crippen molar-refractivity contribution in [1.29, 1.82) is 0 Å². The number of halogens is 1. The minimum absolute atomic E-state index is 0.00628. The zero-order chi connectivity index (χ0) is 16.8. The zero-order valence-corrected chi connectivity index (χ0v) is 15.7. The molecule has 2 atom stereocenters. The first-order valence-electron chi connectivity index (χ1n) is 7.81. The van der Waals surface area contributed by atoms with E-state index >= 15 is 0 Å². The highest BCUT2D eigenvalue weighted by Crippen LogP contribution is 2.27. The van der Waals surface area contributed by atoms with Gasteiger partial charge in [0.2, 0.25) is 5.91 Å². The predicted octanol–water partition coefficient (Wildman–Crippen LogP) is 3.49. The van der Waals surface area contributed by atoms with Crippen molar-refractivity contribution >= 4 is 34.5 Å². The topological polar surface area (TPSA) is 46.6 Å². The van der Waals surface area contributed by atoms with Crippen molar-refractivity contribution < 1.29 is 14.3 Å². The van der Waals surface area contributed by atoms with E-state index in [-0.39, 0.29) is 24.0 Å². The summed E-state index contributed by atoms with van der Waals surface area (Å²) in [6, 6.07) is 9.70. The Morgan fingerprint density at radius 1 is 1.30 bits per heavy atom. The van der Waals surface area contributed by atoms with Crippen LogP contribution >= 0.6 is 22.6 Å². The van der Waals surface area contributed by atoms with Crippen molar-refractivity contribution in [2.24, 2.45) is 0 Å². The molecule has 1 aliphatic rings. The molecule has 0 saturated heterocycles. The minimum Gasteiger partial charge on any atom is -0.456 e. The first-order chi connectivity index (χ1) is 11.0. The molecule has 5 heteroatoms. The Bertz CT molecular complexity index is 585. The molecule has 1 amide bonds. The number of rotatable bonds is 6. The van der Waals surface area contributed by atoms with Crippen LogP contribution in [0.15, 0.2) is 42.0 Å². The molecule has 1 aromatic carbocycles. The lowest BCUT2D eigenvalue weighted by molar-refractivity contribution is -0.151. The molecule has 0 fully saturated rings. The van der Waals surface area contributed by atoms with Gasteiger partial charge >= 0.3 is 5.97 Å². The number of carbonyl (C=O) groups excluding carboxylic acids is 2. The van der Waals surface area contributed by atoms with Crippen LogP contribution < -0.4 is 0 Å². The van der Waals surface area contributed by atoms with E-state index in [4.69, 9.17) is 4.74 Å². The lowest BCUT2D eigenvalue weighted by Gasteiger charge is -2.38. The van der Waals surface area contributed by atoms with E-state index in [0.29, 0.717) is 6.54 Å². The average molecular weight is 427 g/mol. The maximum absolute atomic E-state index is 12.5. The number of esters is 1. The molecule has 0 N–H and O–H groups in total. The summed E-state index contributed by atoms with van der Waals surface area (Å²) >= 11 is 2.32. The lowest BCUT2D eigenvalue weighted by atomic mass is 9.93. The van der Waals surface area contributed by atoms with Gasteiger partial charge in [0.1, 0.15) is 6.10 Å². The number of alkyl halides is 1. The Kier molecular flexibility index (Phi) is 6.62. The van der Waals surface area contributed by atoms with Crippen molar-refractivity contribution in [2.75, 3.05) is 4.43 Å². The van der Waals surface area contributed by atoms with Crippen LogP contribution in [0.1, 0.15) is 32.3 Å². The van der Waals surface area contributed by atoms with Gasteiger partial charge < -0.3 is 9.64 Å². The van der Waals surface area contributed by atoms with E-state index in [1.165, 1.54) is 6.92 Å². The normalized spacial score (nSPS) is 21.1. The summed E-state index contributed by atoms with van der Waals surface area (Å²) in [6.45, 7) is 3.89. The molecule has 0 aliphatic carbocycles. The Hall–Kier alpha value is -1.37. The summed E-state index contributed by atoms with van der Waals surface area (Å²) in [4.78, 5) is 25.8. The third-order valence-electron chi connectivity index (χ3n) is 3.97. The monoisotopic (exact) mass is 427 g/mol. The van der Waals surface area contributed by atoms with Crippen LogP contribution in [0.5, 0.6) is 0 Å². The van der Waals surface area contributed by atoms with Gasteiger partial charge in [-0.1, -0.05) is 52.9 Å². The number of carbonyl (C=O) groups is 2. The fourth-order valence-corrected chi connectivity index (χ4v) is 3.22. The Balaban J connectivity index is 2.22. The van der Waals surface area contributed by atoms with Crippen LogP contribution in [0, 0.1) is 0 Å². The van der Waals surface area contributed by atoms with E-state index in [1.807, 2.05) is 37.3 Å². The van der Waals surface area contributed by atoms with Crippen molar-refractivity contribution in [3.8, 4) is 0 Å². The SMILES string of the molecule is CC(=O)O[C@@H]1C(CCCI)=CC(=O)N(Cc2ccccc2)[C@H]1C. The van der Waals surface area contributed by atoms with Crippen LogP contribution in [0.3, 0.4) is 0 Å². The lowest BCUT2D eigenvalue weighted by Crippen LogP contribution is -2.50. The number of nitrogens with zero attached hydrogens (tertiary/aromatic N) is 1. The molecule has 1 aliphatic heterocycles. The molecule has 1 aromatic rings. The van der Waals surface area contributed by atoms with Gasteiger partial charge in [-0.15, -0.1) is 0 Å². The first kappa shape index (κ1) is 18.0. The van der Waals surface area contributed by atoms with Crippen molar-refractivity contribution in [3.63, 3.8) is 0 Å². The highest BCUT2D eigenvalue weighted by Gasteiger charge is 2.35. The fraction of sp³-hybridized carbons (Fsp3) is 0.444. The molecule has 0 spiro atoms. The van der Waals surface area contributed by atoms with E-state index < -0.39 is 0 Å². The highest BCUT2D eigenvalue weighted by molar-refractivity contribution is 14.1. The van der Waals surface area contributed by atoms with Crippen LogP contribution in [-0.4, -0.2) is 33.3 Å². The molecule has 23 heavy (non-hydrogen) atoms. The molecule has 0 aromatic heterocycles.